The van der Waals surface area contributed by atoms with Crippen LogP contribution in [-0.2, 0) is 18.9 Å². The summed E-state index contributed by atoms with van der Waals surface area (Å²) in [6.07, 6.45) is -0.769. The van der Waals surface area contributed by atoms with Gasteiger partial charge in [0.1, 0.15) is 12.2 Å². The highest BCUT2D eigenvalue weighted by molar-refractivity contribution is 5.76. The average Bonchev–Trinajstić information content (AvgIpc) is 3.27. The number of hydrogen-bond donors (Lipinski definition) is 8. The second-order valence-corrected chi connectivity index (χ2v) is 7.75. The van der Waals surface area contributed by atoms with Gasteiger partial charge in [0.15, 0.2) is 11.4 Å². The first-order chi connectivity index (χ1) is 14.1. The molecule has 0 aliphatic carbocycles. The van der Waals surface area contributed by atoms with Crippen LogP contribution >= 0.6 is 0 Å². The lowest BCUT2D eigenvalue weighted by Crippen LogP contribution is -2.71. The molecule has 6 aliphatic heterocycles. The Hall–Kier alpha value is -2.43. The van der Waals surface area contributed by atoms with Crippen LogP contribution in [0.25, 0.3) is 0 Å². The van der Waals surface area contributed by atoms with Crippen molar-refractivity contribution in [2.75, 3.05) is 13.2 Å². The van der Waals surface area contributed by atoms with Gasteiger partial charge in [-0.05, 0) is 0 Å². The zero-order chi connectivity index (χ0) is 21.7. The Morgan fingerprint density at radius 3 is 1.60 bits per heavy atom. The van der Waals surface area contributed by atoms with Crippen LogP contribution in [0, 0.1) is 0 Å². The van der Waals surface area contributed by atoms with Gasteiger partial charge < -0.3 is 61.9 Å². The molecule has 0 aromatic heterocycles. The minimum Gasteiger partial charge on any atom is -0.366 e. The predicted molar refractivity (Wildman–Crippen MR) is 93.0 cm³/mol. The van der Waals surface area contributed by atoms with Crippen LogP contribution in [0.15, 0.2) is 0 Å². The summed E-state index contributed by atoms with van der Waals surface area (Å²) < 4.78 is 21.2. The number of urea groups is 3. The van der Waals surface area contributed by atoms with Crippen LogP contribution in [0.5, 0.6) is 0 Å². The van der Waals surface area contributed by atoms with Crippen LogP contribution in [-0.4, -0.2) is 89.8 Å². The van der Waals surface area contributed by atoms with Crippen LogP contribution in [0.2, 0.25) is 0 Å². The maximum atomic E-state index is 11.1. The maximum Gasteiger partial charge on any atom is 0.317 e. The van der Waals surface area contributed by atoms with Crippen LogP contribution < -0.4 is 32.7 Å². The van der Waals surface area contributed by atoms with E-state index in [0.717, 1.165) is 0 Å². The average molecular weight is 432 g/mol. The molecule has 0 aromatic rings. The molecule has 10 N–H and O–H groups in total. The van der Waals surface area contributed by atoms with E-state index in [0.29, 0.717) is 26.1 Å². The molecule has 6 fully saturated rings. The first-order valence-electron chi connectivity index (χ1n) is 9.29. The largest absolute Gasteiger partial charge is 0.366 e. The van der Waals surface area contributed by atoms with Crippen LogP contribution in [0.3, 0.4) is 0 Å². The van der Waals surface area contributed by atoms with Crippen LogP contribution in [0.4, 0.5) is 14.4 Å². The monoisotopic (exact) mass is 432 g/mol. The highest BCUT2D eigenvalue weighted by Gasteiger charge is 2.57. The van der Waals surface area contributed by atoms with Gasteiger partial charge >= 0.3 is 18.1 Å². The molecular weight excluding hydrogens is 408 g/mol. The van der Waals surface area contributed by atoms with Gasteiger partial charge in [0.05, 0.1) is 25.3 Å². The standard InChI is InChI=1S/2C7H10N2O4.CH4N2O/c2*10-6-8-3-1-7(11,9-6)5-12-2-4(3)13-5;2-1(3)4/h2*3-5,11H,1-2H2,(H2,8,9,10);(H4,2,3,4). The fourth-order valence-corrected chi connectivity index (χ4v) is 4.20. The minimum atomic E-state index is -1.35. The van der Waals surface area contributed by atoms with E-state index < -0.39 is 30.1 Å². The van der Waals surface area contributed by atoms with Gasteiger partial charge in [0.25, 0.3) is 0 Å². The SMILES string of the molecule is NC(N)=O.O=C1NC2CC(O)(N1)C1OCC2O1.O=C1NC2CC(O)(N1)C1OCC2O1. The fourth-order valence-electron chi connectivity index (χ4n) is 4.20. The van der Waals surface area contributed by atoms with Crippen molar-refractivity contribution in [3.05, 3.63) is 0 Å². The molecule has 6 amide bonds. The van der Waals surface area contributed by atoms with Gasteiger partial charge in [-0.15, -0.1) is 0 Å². The summed E-state index contributed by atoms with van der Waals surface area (Å²) in [5.74, 6) is 0. The topological polar surface area (TPSA) is 229 Å². The Morgan fingerprint density at radius 2 is 1.23 bits per heavy atom. The number of fused-ring (bicyclic) bond motifs is 12. The summed E-state index contributed by atoms with van der Waals surface area (Å²) in [6, 6.07) is -1.83. The molecule has 8 unspecified atom stereocenters. The number of amides is 6. The van der Waals surface area contributed by atoms with E-state index in [2.05, 4.69) is 32.7 Å². The van der Waals surface area contributed by atoms with E-state index in [-0.39, 0.29) is 36.4 Å². The maximum absolute atomic E-state index is 11.1. The minimum absolute atomic E-state index is 0.115. The third-order valence-corrected chi connectivity index (χ3v) is 5.45. The molecule has 8 bridgehead atoms. The number of aliphatic hydroxyl groups is 2. The van der Waals surface area contributed by atoms with Crippen LogP contribution in [0.1, 0.15) is 12.8 Å². The first kappa shape index (κ1) is 20.8. The molecule has 6 aliphatic rings. The van der Waals surface area contributed by atoms with Gasteiger partial charge in [0, 0.05) is 12.8 Å². The van der Waals surface area contributed by atoms with Crippen molar-refractivity contribution in [3.63, 3.8) is 0 Å². The number of nitrogens with one attached hydrogen (secondary N) is 4. The quantitative estimate of drug-likeness (QED) is 0.186. The van der Waals surface area contributed by atoms with E-state index in [1.54, 1.807) is 0 Å². The molecule has 0 spiro atoms. The molecule has 168 valence electrons. The normalized spacial score (nSPS) is 46.5. The number of carbonyl (C=O) groups excluding carboxylic acids is 3. The highest BCUT2D eigenvalue weighted by Crippen LogP contribution is 2.36. The van der Waals surface area contributed by atoms with Crippen molar-refractivity contribution in [1.29, 1.82) is 0 Å². The van der Waals surface area contributed by atoms with Crippen molar-refractivity contribution in [2.45, 2.75) is 61.2 Å². The predicted octanol–water partition coefficient (Wildman–Crippen LogP) is -3.97. The Labute approximate surface area is 169 Å². The van der Waals surface area contributed by atoms with Crippen molar-refractivity contribution in [1.82, 2.24) is 21.3 Å². The summed E-state index contributed by atoms with van der Waals surface area (Å²) in [5, 5.41) is 30.1. The smallest absolute Gasteiger partial charge is 0.317 e. The summed E-state index contributed by atoms with van der Waals surface area (Å²) >= 11 is 0. The van der Waals surface area contributed by atoms with Gasteiger partial charge in [-0.1, -0.05) is 0 Å². The molecule has 6 rings (SSSR count). The summed E-state index contributed by atoms with van der Waals surface area (Å²) in [5.41, 5.74) is 5.81. The van der Waals surface area contributed by atoms with Gasteiger partial charge in [-0.2, -0.15) is 0 Å². The molecule has 8 atom stereocenters. The van der Waals surface area contributed by atoms with Crippen molar-refractivity contribution in [2.24, 2.45) is 11.5 Å². The van der Waals surface area contributed by atoms with Gasteiger partial charge in [0.2, 0.25) is 12.6 Å². The summed E-state index contributed by atoms with van der Waals surface area (Å²) in [4.78, 5) is 31.2. The molecule has 6 saturated heterocycles. The molecule has 0 saturated carbocycles. The van der Waals surface area contributed by atoms with Crippen molar-refractivity contribution >= 4 is 18.1 Å². The molecule has 15 nitrogen and oxygen atoms in total. The number of carbonyl (C=O) groups is 3. The lowest BCUT2D eigenvalue weighted by molar-refractivity contribution is -0.231. The van der Waals surface area contributed by atoms with Crippen molar-refractivity contribution in [3.8, 4) is 0 Å². The molecule has 30 heavy (non-hydrogen) atoms. The zero-order valence-electron chi connectivity index (χ0n) is 15.7. The lowest BCUT2D eigenvalue weighted by atomic mass is 9.95. The van der Waals surface area contributed by atoms with Gasteiger partial charge in [-0.25, -0.2) is 14.4 Å². The molecule has 0 aromatic carbocycles. The summed E-state index contributed by atoms with van der Waals surface area (Å²) in [7, 11) is 0. The Morgan fingerprint density at radius 1 is 0.867 bits per heavy atom. The molecule has 6 heterocycles. The number of rotatable bonds is 0. The third-order valence-electron chi connectivity index (χ3n) is 5.45. The number of ether oxygens (including phenoxy) is 4. The molecule has 15 heteroatoms. The molecular formula is C15H24N6O9. The second-order valence-electron chi connectivity index (χ2n) is 7.75. The van der Waals surface area contributed by atoms with E-state index in [9.17, 15) is 19.8 Å². The fraction of sp³-hybridized carbons (Fsp3) is 0.800. The number of primary amides is 2. The second kappa shape index (κ2) is 7.36. The zero-order valence-corrected chi connectivity index (χ0v) is 15.7. The third kappa shape index (κ3) is 3.82. The first-order valence-corrected chi connectivity index (χ1v) is 9.29. The number of hydrogen-bond acceptors (Lipinski definition) is 9. The van der Waals surface area contributed by atoms with E-state index in [4.69, 9.17) is 23.7 Å². The Bertz CT molecular complexity index is 683. The summed E-state index contributed by atoms with van der Waals surface area (Å²) in [6.45, 7) is 0.860. The van der Waals surface area contributed by atoms with E-state index in [1.165, 1.54) is 0 Å². The highest BCUT2D eigenvalue weighted by atomic mass is 16.7. The van der Waals surface area contributed by atoms with Crippen molar-refractivity contribution < 1.29 is 43.5 Å². The van der Waals surface area contributed by atoms with E-state index >= 15 is 0 Å². The molecule has 0 radical (unpaired) electrons. The van der Waals surface area contributed by atoms with Gasteiger partial charge in [-0.3, -0.25) is 0 Å². The van der Waals surface area contributed by atoms with E-state index in [1.807, 2.05) is 0 Å². The number of nitrogens with two attached hydrogens (primary N) is 2. The Kier molecular flexibility index (Phi) is 5.11. The lowest BCUT2D eigenvalue weighted by Gasteiger charge is -2.44. The Balaban J connectivity index is 0.000000124.